The summed E-state index contributed by atoms with van der Waals surface area (Å²) in [5.74, 6) is -1.03. The lowest BCUT2D eigenvalue weighted by molar-refractivity contribution is -0.143. The lowest BCUT2D eigenvalue weighted by Crippen LogP contribution is -2.44. The summed E-state index contributed by atoms with van der Waals surface area (Å²) in [5.41, 5.74) is 0. The molecule has 0 aromatic heterocycles. The van der Waals surface area contributed by atoms with Gasteiger partial charge in [-0.05, 0) is 25.8 Å². The first-order valence-corrected chi connectivity index (χ1v) is 5.95. The number of hydrogen-bond donors (Lipinski definition) is 1. The number of nitrogens with one attached hydrogen (secondary N) is 1. The zero-order valence-electron chi connectivity index (χ0n) is 9.72. The third-order valence-corrected chi connectivity index (χ3v) is 2.88. The van der Waals surface area contributed by atoms with Crippen molar-refractivity contribution in [3.8, 4) is 0 Å². The van der Waals surface area contributed by atoms with Crippen molar-refractivity contribution >= 4 is 5.91 Å². The second kappa shape index (κ2) is 6.78. The van der Waals surface area contributed by atoms with Gasteiger partial charge in [-0.3, -0.25) is 4.79 Å². The Morgan fingerprint density at radius 2 is 2.31 bits per heavy atom. The molecule has 1 aliphatic rings. The summed E-state index contributed by atoms with van der Waals surface area (Å²) in [7, 11) is 0. The molecule has 1 heterocycles. The Morgan fingerprint density at radius 1 is 1.56 bits per heavy atom. The van der Waals surface area contributed by atoms with Crippen LogP contribution in [0.1, 0.15) is 32.6 Å². The fourth-order valence-corrected chi connectivity index (χ4v) is 1.96. The molecule has 1 N–H and O–H groups in total. The van der Waals surface area contributed by atoms with Crippen LogP contribution in [-0.4, -0.2) is 42.9 Å². The average molecular weight is 234 g/mol. The van der Waals surface area contributed by atoms with Crippen LogP contribution in [0.3, 0.4) is 0 Å². The molecule has 0 bridgehead atoms. The summed E-state index contributed by atoms with van der Waals surface area (Å²) >= 11 is 0. The fraction of sp³-hybridized carbons (Fsp3) is 0.909. The fourth-order valence-electron chi connectivity index (χ4n) is 1.96. The van der Waals surface area contributed by atoms with E-state index in [1.54, 1.807) is 0 Å². The smallest absolute Gasteiger partial charge is 0.315 e. The maximum atomic E-state index is 12.4. The van der Waals surface area contributed by atoms with E-state index in [1.807, 2.05) is 6.92 Å². The second-order valence-electron chi connectivity index (χ2n) is 4.23. The molecule has 94 valence electrons. The first-order chi connectivity index (χ1) is 7.65. The Bertz CT molecular complexity index is 218. The van der Waals surface area contributed by atoms with E-state index in [-0.39, 0.29) is 6.04 Å². The van der Waals surface area contributed by atoms with Crippen molar-refractivity contribution in [3.05, 3.63) is 0 Å². The summed E-state index contributed by atoms with van der Waals surface area (Å²) in [6.45, 7) is 3.77. The molecule has 3 nitrogen and oxygen atoms in total. The minimum atomic E-state index is -2.88. The molecule has 0 radical (unpaired) electrons. The van der Waals surface area contributed by atoms with Gasteiger partial charge in [0, 0.05) is 19.1 Å². The maximum absolute atomic E-state index is 12.4. The second-order valence-corrected chi connectivity index (χ2v) is 4.23. The van der Waals surface area contributed by atoms with Gasteiger partial charge in [-0.2, -0.15) is 8.78 Å². The van der Waals surface area contributed by atoms with E-state index in [1.165, 1.54) is 4.90 Å². The standard InChI is InChI=1S/C11H20F2N2O/c1-2-3-7-15(11(16)10(12)13)8-9-5-4-6-14-9/h9-10,14H,2-8H2,1H3. The quantitative estimate of drug-likeness (QED) is 0.757. The minimum absolute atomic E-state index is 0.194. The highest BCUT2D eigenvalue weighted by molar-refractivity contribution is 5.79. The minimum Gasteiger partial charge on any atom is -0.336 e. The van der Waals surface area contributed by atoms with Crippen LogP contribution >= 0.6 is 0 Å². The third-order valence-electron chi connectivity index (χ3n) is 2.88. The molecule has 0 spiro atoms. The maximum Gasteiger partial charge on any atom is 0.315 e. The van der Waals surface area contributed by atoms with Gasteiger partial charge in [-0.1, -0.05) is 13.3 Å². The van der Waals surface area contributed by atoms with Gasteiger partial charge in [0.2, 0.25) is 0 Å². The predicted octanol–water partition coefficient (Wildman–Crippen LogP) is 1.63. The number of unbranched alkanes of at least 4 members (excludes halogenated alkanes) is 1. The van der Waals surface area contributed by atoms with Crippen molar-refractivity contribution < 1.29 is 13.6 Å². The SMILES string of the molecule is CCCCN(CC1CCCN1)C(=O)C(F)F. The van der Waals surface area contributed by atoms with Gasteiger partial charge in [-0.25, -0.2) is 0 Å². The number of carbonyl (C=O) groups excluding carboxylic acids is 1. The third kappa shape index (κ3) is 4.04. The number of nitrogens with zero attached hydrogens (tertiary/aromatic N) is 1. The van der Waals surface area contributed by atoms with Gasteiger partial charge in [0.25, 0.3) is 5.91 Å². The Labute approximate surface area is 95.2 Å². The molecule has 1 saturated heterocycles. The molecule has 0 saturated carbocycles. The average Bonchev–Trinajstić information content (AvgIpc) is 2.75. The lowest BCUT2D eigenvalue weighted by atomic mass is 10.2. The van der Waals surface area contributed by atoms with Crippen molar-refractivity contribution in [1.29, 1.82) is 0 Å². The van der Waals surface area contributed by atoms with Crippen molar-refractivity contribution in [2.75, 3.05) is 19.6 Å². The van der Waals surface area contributed by atoms with Crippen LogP contribution in [0.2, 0.25) is 0 Å². The molecule has 1 amide bonds. The Kier molecular flexibility index (Phi) is 5.66. The Hall–Kier alpha value is -0.710. The highest BCUT2D eigenvalue weighted by Crippen LogP contribution is 2.10. The highest BCUT2D eigenvalue weighted by Gasteiger charge is 2.26. The number of rotatable bonds is 6. The van der Waals surface area contributed by atoms with E-state index in [0.29, 0.717) is 13.1 Å². The van der Waals surface area contributed by atoms with Gasteiger partial charge >= 0.3 is 6.43 Å². The Balaban J connectivity index is 2.44. The van der Waals surface area contributed by atoms with E-state index >= 15 is 0 Å². The molecule has 1 unspecified atom stereocenters. The van der Waals surface area contributed by atoms with Crippen LogP contribution in [-0.2, 0) is 4.79 Å². The molecule has 0 aliphatic carbocycles. The zero-order chi connectivity index (χ0) is 12.0. The molecule has 0 aromatic rings. The molecule has 1 aliphatic heterocycles. The van der Waals surface area contributed by atoms with Crippen LogP contribution in [0.5, 0.6) is 0 Å². The van der Waals surface area contributed by atoms with Gasteiger partial charge in [-0.15, -0.1) is 0 Å². The molecule has 0 aromatic carbocycles. The summed E-state index contributed by atoms with van der Waals surface area (Å²) < 4.78 is 24.7. The largest absolute Gasteiger partial charge is 0.336 e. The van der Waals surface area contributed by atoms with Gasteiger partial charge in [0.15, 0.2) is 0 Å². The van der Waals surface area contributed by atoms with Crippen molar-refractivity contribution in [1.82, 2.24) is 10.2 Å². The van der Waals surface area contributed by atoms with E-state index in [4.69, 9.17) is 0 Å². The van der Waals surface area contributed by atoms with E-state index in [9.17, 15) is 13.6 Å². The summed E-state index contributed by atoms with van der Waals surface area (Å²) in [6.07, 6.45) is 0.850. The molecule has 5 heteroatoms. The monoisotopic (exact) mass is 234 g/mol. The number of carbonyl (C=O) groups is 1. The first-order valence-electron chi connectivity index (χ1n) is 5.95. The number of amides is 1. The van der Waals surface area contributed by atoms with Gasteiger partial charge in [0.05, 0.1) is 0 Å². The van der Waals surface area contributed by atoms with Crippen LogP contribution in [0.15, 0.2) is 0 Å². The summed E-state index contributed by atoms with van der Waals surface area (Å²) in [5, 5.41) is 3.22. The van der Waals surface area contributed by atoms with Gasteiger partial charge < -0.3 is 10.2 Å². The zero-order valence-corrected chi connectivity index (χ0v) is 9.72. The van der Waals surface area contributed by atoms with Crippen LogP contribution in [0.4, 0.5) is 8.78 Å². The van der Waals surface area contributed by atoms with E-state index in [0.717, 1.165) is 32.2 Å². The molecule has 1 rings (SSSR count). The molecular weight excluding hydrogens is 214 g/mol. The van der Waals surface area contributed by atoms with E-state index < -0.39 is 12.3 Å². The summed E-state index contributed by atoms with van der Waals surface area (Å²) in [4.78, 5) is 12.6. The predicted molar refractivity (Wildman–Crippen MR) is 58.5 cm³/mol. The van der Waals surface area contributed by atoms with Crippen LogP contribution < -0.4 is 5.32 Å². The summed E-state index contributed by atoms with van der Waals surface area (Å²) in [6, 6.07) is 0.194. The Morgan fingerprint density at radius 3 is 2.81 bits per heavy atom. The van der Waals surface area contributed by atoms with Gasteiger partial charge in [0.1, 0.15) is 0 Å². The first kappa shape index (κ1) is 13.4. The number of halogens is 2. The van der Waals surface area contributed by atoms with E-state index in [2.05, 4.69) is 5.32 Å². The number of alkyl halides is 2. The van der Waals surface area contributed by atoms with Crippen LogP contribution in [0.25, 0.3) is 0 Å². The normalized spacial score (nSPS) is 20.4. The van der Waals surface area contributed by atoms with Crippen LogP contribution in [0, 0.1) is 0 Å². The molecule has 1 fully saturated rings. The topological polar surface area (TPSA) is 32.3 Å². The van der Waals surface area contributed by atoms with Crippen molar-refractivity contribution in [2.45, 2.75) is 45.1 Å². The lowest BCUT2D eigenvalue weighted by Gasteiger charge is -2.25. The number of hydrogen-bond acceptors (Lipinski definition) is 2. The molecular formula is C11H20F2N2O. The van der Waals surface area contributed by atoms with Crippen molar-refractivity contribution in [2.24, 2.45) is 0 Å². The molecule has 1 atom stereocenters. The van der Waals surface area contributed by atoms with Crippen molar-refractivity contribution in [3.63, 3.8) is 0 Å². The highest BCUT2D eigenvalue weighted by atomic mass is 19.3. The molecule has 16 heavy (non-hydrogen) atoms.